The minimum atomic E-state index is -1.39. The zero-order chi connectivity index (χ0) is 29.6. The first kappa shape index (κ1) is 28.3. The number of halogens is 1. The summed E-state index contributed by atoms with van der Waals surface area (Å²) in [6, 6.07) is 36.5. The average molecular weight is 579 g/mol. The molecule has 5 aromatic rings. The van der Waals surface area contributed by atoms with E-state index in [1.54, 1.807) is 18.2 Å². The molecule has 6 nitrogen and oxygen atoms in total. The molecule has 0 amide bonds. The Hall–Kier alpha value is -4.85. The Morgan fingerprint density at radius 3 is 1.70 bits per heavy atom. The minimum absolute atomic E-state index is 0.0760. The third-order valence-corrected chi connectivity index (χ3v) is 7.27. The minimum Gasteiger partial charge on any atom is -0.489 e. The van der Waals surface area contributed by atoms with Gasteiger partial charge in [0.15, 0.2) is 17.7 Å². The van der Waals surface area contributed by atoms with Gasteiger partial charge in [-0.25, -0.2) is 4.39 Å². The first-order valence-corrected chi connectivity index (χ1v) is 14.1. The Morgan fingerprint density at radius 2 is 1.14 bits per heavy atom. The lowest BCUT2D eigenvalue weighted by atomic mass is 9.91. The lowest BCUT2D eigenvalue weighted by Gasteiger charge is -2.35. The second-order valence-corrected chi connectivity index (χ2v) is 10.3. The topological polar surface area (TPSA) is 77.4 Å². The molecule has 1 aliphatic rings. The summed E-state index contributed by atoms with van der Waals surface area (Å²) in [5.74, 6) is 0.540. The highest BCUT2D eigenvalue weighted by atomic mass is 19.1. The van der Waals surface area contributed by atoms with Gasteiger partial charge in [0, 0.05) is 12.1 Å². The largest absolute Gasteiger partial charge is 0.489 e. The molecule has 0 spiro atoms. The van der Waals surface area contributed by atoms with Crippen molar-refractivity contribution in [1.82, 2.24) is 0 Å². The predicted molar refractivity (Wildman–Crippen MR) is 159 cm³/mol. The molecule has 0 fully saturated rings. The smallest absolute Gasteiger partial charge is 0.165 e. The highest BCUT2D eigenvalue weighted by molar-refractivity contribution is 5.54. The van der Waals surface area contributed by atoms with Crippen LogP contribution in [-0.2, 0) is 19.8 Å². The van der Waals surface area contributed by atoms with Gasteiger partial charge in [-0.3, -0.25) is 0 Å². The van der Waals surface area contributed by atoms with Crippen LogP contribution in [-0.4, -0.2) is 16.3 Å². The van der Waals surface area contributed by atoms with E-state index in [4.69, 9.17) is 18.9 Å². The van der Waals surface area contributed by atoms with Gasteiger partial charge in [0.2, 0.25) is 0 Å². The fraction of sp³-hybridized carbons (Fsp3) is 0.167. The maximum absolute atomic E-state index is 15.1. The number of aliphatic hydroxyl groups excluding tert-OH is 2. The summed E-state index contributed by atoms with van der Waals surface area (Å²) in [5, 5.41) is 22.5. The molecule has 3 atom stereocenters. The average Bonchev–Trinajstić information content (AvgIpc) is 3.05. The zero-order valence-electron chi connectivity index (χ0n) is 23.3. The van der Waals surface area contributed by atoms with Crippen LogP contribution in [0.3, 0.4) is 0 Å². The van der Waals surface area contributed by atoms with Gasteiger partial charge in [0.25, 0.3) is 0 Å². The molecule has 0 saturated carbocycles. The van der Waals surface area contributed by atoms with Crippen LogP contribution >= 0.6 is 0 Å². The van der Waals surface area contributed by atoms with Crippen molar-refractivity contribution >= 4 is 0 Å². The van der Waals surface area contributed by atoms with Crippen molar-refractivity contribution in [2.24, 2.45) is 0 Å². The molecule has 6 rings (SSSR count). The monoisotopic (exact) mass is 578 g/mol. The second kappa shape index (κ2) is 13.0. The molecule has 0 saturated heterocycles. The van der Waals surface area contributed by atoms with Crippen molar-refractivity contribution in [2.45, 2.75) is 38.1 Å². The van der Waals surface area contributed by atoms with Crippen LogP contribution in [0.25, 0.3) is 0 Å². The second-order valence-electron chi connectivity index (χ2n) is 10.3. The van der Waals surface area contributed by atoms with E-state index < -0.39 is 24.1 Å². The van der Waals surface area contributed by atoms with Crippen LogP contribution in [0.4, 0.5) is 4.39 Å². The normalized spacial score (nSPS) is 17.4. The summed E-state index contributed by atoms with van der Waals surface area (Å²) in [6.07, 6.45) is -3.80. The van der Waals surface area contributed by atoms with Crippen LogP contribution in [0.15, 0.2) is 121 Å². The molecule has 1 aliphatic heterocycles. The van der Waals surface area contributed by atoms with Crippen molar-refractivity contribution in [2.75, 3.05) is 0 Å². The van der Waals surface area contributed by atoms with Gasteiger partial charge < -0.3 is 29.2 Å². The van der Waals surface area contributed by atoms with Gasteiger partial charge in [-0.2, -0.15) is 0 Å². The SMILES string of the molecule is O[C@@H]1C(c2ccc(OCc3ccccc3)c(F)c2)Oc2cc(OCc3ccccc3)cc(OCc3ccccc3)c2[C@@H]1O. The first-order valence-electron chi connectivity index (χ1n) is 14.1. The maximum Gasteiger partial charge on any atom is 0.165 e. The highest BCUT2D eigenvalue weighted by Gasteiger charge is 2.40. The van der Waals surface area contributed by atoms with Crippen LogP contribution in [0.2, 0.25) is 0 Å². The molecular weight excluding hydrogens is 547 g/mol. The van der Waals surface area contributed by atoms with Gasteiger partial charge in [0.1, 0.15) is 49.3 Å². The van der Waals surface area contributed by atoms with E-state index in [-0.39, 0.29) is 24.7 Å². The Kier molecular flexibility index (Phi) is 8.54. The highest BCUT2D eigenvalue weighted by Crippen LogP contribution is 2.48. The number of hydrogen-bond donors (Lipinski definition) is 2. The van der Waals surface area contributed by atoms with Crippen LogP contribution in [0, 0.1) is 5.82 Å². The lowest BCUT2D eigenvalue weighted by Crippen LogP contribution is -2.34. The van der Waals surface area contributed by atoms with Gasteiger partial charge in [-0.1, -0.05) is 97.1 Å². The molecule has 218 valence electrons. The summed E-state index contributed by atoms with van der Waals surface area (Å²) >= 11 is 0. The molecule has 1 unspecified atom stereocenters. The number of hydrogen-bond acceptors (Lipinski definition) is 6. The van der Waals surface area contributed by atoms with Crippen LogP contribution in [0.1, 0.15) is 40.0 Å². The zero-order valence-corrected chi connectivity index (χ0v) is 23.3. The molecule has 2 N–H and O–H groups in total. The summed E-state index contributed by atoms with van der Waals surface area (Å²) in [5.41, 5.74) is 3.47. The van der Waals surface area contributed by atoms with Gasteiger partial charge >= 0.3 is 0 Å². The molecule has 0 aromatic heterocycles. The Morgan fingerprint density at radius 1 is 0.605 bits per heavy atom. The van der Waals surface area contributed by atoms with Gasteiger partial charge in [-0.15, -0.1) is 0 Å². The molecular formula is C36H31FO6. The van der Waals surface area contributed by atoms with E-state index in [2.05, 4.69) is 0 Å². The van der Waals surface area contributed by atoms with E-state index in [1.807, 2.05) is 91.0 Å². The molecule has 7 heteroatoms. The lowest BCUT2D eigenvalue weighted by molar-refractivity contribution is -0.0714. The van der Waals surface area contributed by atoms with Crippen molar-refractivity contribution in [1.29, 1.82) is 0 Å². The van der Waals surface area contributed by atoms with E-state index >= 15 is 4.39 Å². The van der Waals surface area contributed by atoms with Crippen molar-refractivity contribution in [3.63, 3.8) is 0 Å². The van der Waals surface area contributed by atoms with E-state index in [9.17, 15) is 10.2 Å². The molecule has 1 heterocycles. The van der Waals surface area contributed by atoms with E-state index in [0.29, 0.717) is 29.2 Å². The molecule has 0 radical (unpaired) electrons. The number of benzene rings is 5. The van der Waals surface area contributed by atoms with Gasteiger partial charge in [0.05, 0.1) is 5.56 Å². The first-order chi connectivity index (χ1) is 21.0. The fourth-order valence-electron chi connectivity index (χ4n) is 5.00. The number of ether oxygens (including phenoxy) is 4. The van der Waals surface area contributed by atoms with Crippen LogP contribution in [0.5, 0.6) is 23.0 Å². The predicted octanol–water partition coefficient (Wildman–Crippen LogP) is 7.09. The summed E-state index contributed by atoms with van der Waals surface area (Å²) in [7, 11) is 0. The Balaban J connectivity index is 1.26. The van der Waals surface area contributed by atoms with E-state index in [0.717, 1.165) is 16.7 Å². The Labute approximate surface area is 249 Å². The van der Waals surface area contributed by atoms with Crippen molar-refractivity contribution < 1.29 is 33.6 Å². The van der Waals surface area contributed by atoms with Crippen molar-refractivity contribution in [3.8, 4) is 23.0 Å². The van der Waals surface area contributed by atoms with Crippen LogP contribution < -0.4 is 18.9 Å². The quantitative estimate of drug-likeness (QED) is 0.184. The van der Waals surface area contributed by atoms with E-state index in [1.165, 1.54) is 12.1 Å². The summed E-state index contributed by atoms with van der Waals surface area (Å²) in [4.78, 5) is 0. The molecule has 0 bridgehead atoms. The third kappa shape index (κ3) is 6.64. The molecule has 0 aliphatic carbocycles. The standard InChI is InChI=1S/C36H31FO6/c37-29-18-27(16-17-30(29)41-22-25-12-6-2-7-13-25)36-35(39)34(38)33-31(42-23-26-14-8-3-9-15-26)19-28(20-32(33)43-36)40-21-24-10-4-1-5-11-24/h1-20,34-36,38-39H,21-23H2/t34-,35-,36?/m0/s1. The Bertz CT molecular complexity index is 1650. The van der Waals surface area contributed by atoms with Crippen molar-refractivity contribution in [3.05, 3.63) is 155 Å². The number of rotatable bonds is 10. The molecule has 43 heavy (non-hydrogen) atoms. The fourth-order valence-corrected chi connectivity index (χ4v) is 5.00. The summed E-state index contributed by atoms with van der Waals surface area (Å²) < 4.78 is 39.2. The summed E-state index contributed by atoms with van der Waals surface area (Å²) in [6.45, 7) is 0.753. The van der Waals surface area contributed by atoms with Gasteiger partial charge in [-0.05, 0) is 34.4 Å². The molecule has 5 aromatic carbocycles. The third-order valence-electron chi connectivity index (χ3n) is 7.27. The maximum atomic E-state index is 15.1. The number of fused-ring (bicyclic) bond motifs is 1. The number of aliphatic hydroxyl groups is 2.